The van der Waals surface area contributed by atoms with E-state index in [-0.39, 0.29) is 5.75 Å². The summed E-state index contributed by atoms with van der Waals surface area (Å²) in [7, 11) is -2.15. The van der Waals surface area contributed by atoms with Gasteiger partial charge in [0.1, 0.15) is 0 Å². The highest BCUT2D eigenvalue weighted by Gasteiger charge is 2.25. The molecule has 1 amide bonds. The molecule has 6 heteroatoms. The second-order valence-corrected chi connectivity index (χ2v) is 6.77. The SMILES string of the molecule is CCCCS(=O)(=O)N(C)C(=O)c1cscc1C. The van der Waals surface area contributed by atoms with Gasteiger partial charge in [-0.25, -0.2) is 12.7 Å². The smallest absolute Gasteiger partial charge is 0.268 e. The van der Waals surface area contributed by atoms with Crippen LogP contribution in [0.3, 0.4) is 0 Å². The maximum Gasteiger partial charge on any atom is 0.268 e. The molecule has 0 aliphatic rings. The summed E-state index contributed by atoms with van der Waals surface area (Å²) in [6, 6.07) is 0. The monoisotopic (exact) mass is 275 g/mol. The first-order valence-corrected chi connectivity index (χ1v) is 7.99. The van der Waals surface area contributed by atoms with Gasteiger partial charge >= 0.3 is 0 Å². The third-order valence-corrected chi connectivity index (χ3v) is 5.21. The Morgan fingerprint density at radius 3 is 2.53 bits per heavy atom. The first kappa shape index (κ1) is 14.2. The molecule has 0 saturated carbocycles. The normalized spacial score (nSPS) is 11.5. The minimum atomic E-state index is -3.48. The van der Waals surface area contributed by atoms with E-state index < -0.39 is 15.9 Å². The van der Waals surface area contributed by atoms with Crippen LogP contribution in [0.15, 0.2) is 10.8 Å². The summed E-state index contributed by atoms with van der Waals surface area (Å²) in [5.41, 5.74) is 1.29. The first-order valence-electron chi connectivity index (χ1n) is 5.44. The molecule has 0 radical (unpaired) electrons. The Labute approximate surface area is 106 Å². The Hall–Kier alpha value is -0.880. The molecule has 0 spiro atoms. The Bertz CT molecular complexity index is 491. The Balaban J connectivity index is 2.87. The number of rotatable bonds is 5. The number of carbonyl (C=O) groups is 1. The number of nitrogens with zero attached hydrogens (tertiary/aromatic N) is 1. The molecule has 4 nitrogen and oxygen atoms in total. The number of unbranched alkanes of at least 4 members (excludes halogenated alkanes) is 1. The number of thiophene rings is 1. The topological polar surface area (TPSA) is 54.5 Å². The number of hydrogen-bond acceptors (Lipinski definition) is 4. The van der Waals surface area contributed by atoms with E-state index in [1.165, 1.54) is 18.4 Å². The van der Waals surface area contributed by atoms with E-state index in [9.17, 15) is 13.2 Å². The van der Waals surface area contributed by atoms with E-state index in [1.807, 2.05) is 12.3 Å². The summed E-state index contributed by atoms with van der Waals surface area (Å²) < 4.78 is 24.6. The minimum absolute atomic E-state index is 0.0227. The van der Waals surface area contributed by atoms with Crippen molar-refractivity contribution in [2.45, 2.75) is 26.7 Å². The van der Waals surface area contributed by atoms with Gasteiger partial charge in [0.15, 0.2) is 0 Å². The molecule has 0 aromatic carbocycles. The van der Waals surface area contributed by atoms with E-state index in [0.717, 1.165) is 16.3 Å². The molecule has 1 heterocycles. The summed E-state index contributed by atoms with van der Waals surface area (Å²) in [6.07, 6.45) is 1.36. The van der Waals surface area contributed by atoms with Crippen LogP contribution >= 0.6 is 11.3 Å². The van der Waals surface area contributed by atoms with Gasteiger partial charge in [-0.1, -0.05) is 13.3 Å². The van der Waals surface area contributed by atoms with Crippen LogP contribution in [0.4, 0.5) is 0 Å². The lowest BCUT2D eigenvalue weighted by Gasteiger charge is -2.17. The van der Waals surface area contributed by atoms with Crippen LogP contribution < -0.4 is 0 Å². The van der Waals surface area contributed by atoms with Crippen molar-refractivity contribution in [3.63, 3.8) is 0 Å². The molecular formula is C11H17NO3S2. The van der Waals surface area contributed by atoms with Crippen molar-refractivity contribution in [2.75, 3.05) is 12.8 Å². The molecule has 1 rings (SSSR count). The lowest BCUT2D eigenvalue weighted by molar-refractivity contribution is 0.0883. The van der Waals surface area contributed by atoms with E-state index >= 15 is 0 Å². The van der Waals surface area contributed by atoms with Crippen LogP contribution in [-0.4, -0.2) is 31.4 Å². The van der Waals surface area contributed by atoms with Crippen LogP contribution in [0.1, 0.15) is 35.7 Å². The Morgan fingerprint density at radius 1 is 1.41 bits per heavy atom. The molecule has 1 aromatic heterocycles. The second-order valence-electron chi connectivity index (χ2n) is 3.91. The van der Waals surface area contributed by atoms with Gasteiger partial charge in [-0.05, 0) is 24.3 Å². The number of aryl methyl sites for hydroxylation is 1. The van der Waals surface area contributed by atoms with E-state index in [1.54, 1.807) is 12.3 Å². The van der Waals surface area contributed by atoms with Crippen LogP contribution in [0.5, 0.6) is 0 Å². The Kier molecular flexibility index (Phi) is 4.70. The minimum Gasteiger partial charge on any atom is -0.268 e. The fourth-order valence-corrected chi connectivity index (χ4v) is 3.44. The van der Waals surface area contributed by atoms with Crippen molar-refractivity contribution in [1.82, 2.24) is 4.31 Å². The van der Waals surface area contributed by atoms with Gasteiger partial charge in [0.2, 0.25) is 10.0 Å². The number of amides is 1. The molecule has 96 valence electrons. The van der Waals surface area contributed by atoms with E-state index in [2.05, 4.69) is 0 Å². The van der Waals surface area contributed by atoms with Gasteiger partial charge in [0.05, 0.1) is 11.3 Å². The van der Waals surface area contributed by atoms with Crippen LogP contribution in [0.25, 0.3) is 0 Å². The predicted octanol–water partition coefficient (Wildman–Crippen LogP) is 2.26. The molecule has 0 aliphatic carbocycles. The standard InChI is InChI=1S/C11H17NO3S2/c1-4-5-6-17(14,15)12(3)11(13)10-8-16-7-9(10)2/h7-8H,4-6H2,1-3H3. The van der Waals surface area contributed by atoms with E-state index in [4.69, 9.17) is 0 Å². The molecule has 17 heavy (non-hydrogen) atoms. The number of hydrogen-bond donors (Lipinski definition) is 0. The van der Waals surface area contributed by atoms with Gasteiger partial charge in [-0.3, -0.25) is 4.79 Å². The molecular weight excluding hydrogens is 258 g/mol. The van der Waals surface area contributed by atoms with Crippen molar-refractivity contribution >= 4 is 27.3 Å². The Morgan fingerprint density at radius 2 is 2.06 bits per heavy atom. The largest absolute Gasteiger partial charge is 0.268 e. The fraction of sp³-hybridized carbons (Fsp3) is 0.545. The lowest BCUT2D eigenvalue weighted by atomic mass is 10.2. The lowest BCUT2D eigenvalue weighted by Crippen LogP contribution is -2.35. The van der Waals surface area contributed by atoms with Gasteiger partial charge in [-0.15, -0.1) is 0 Å². The third-order valence-electron chi connectivity index (χ3n) is 2.55. The van der Waals surface area contributed by atoms with Crippen molar-refractivity contribution in [3.8, 4) is 0 Å². The number of sulfonamides is 1. The first-order chi connectivity index (χ1) is 7.90. The molecule has 0 bridgehead atoms. The molecule has 1 aromatic rings. The molecule has 0 N–H and O–H groups in total. The maximum absolute atomic E-state index is 12.0. The van der Waals surface area contributed by atoms with Crippen molar-refractivity contribution in [3.05, 3.63) is 21.9 Å². The highest BCUT2D eigenvalue weighted by molar-refractivity contribution is 7.89. The maximum atomic E-state index is 12.0. The summed E-state index contributed by atoms with van der Waals surface area (Å²) in [4.78, 5) is 12.0. The van der Waals surface area contributed by atoms with Crippen LogP contribution in [-0.2, 0) is 10.0 Å². The quantitative estimate of drug-likeness (QED) is 0.828. The third kappa shape index (κ3) is 3.29. The van der Waals surface area contributed by atoms with Gasteiger partial charge in [0, 0.05) is 12.4 Å². The number of carbonyl (C=O) groups excluding carboxylic acids is 1. The fourth-order valence-electron chi connectivity index (χ4n) is 1.34. The average Bonchev–Trinajstić information content (AvgIpc) is 2.71. The summed E-state index contributed by atoms with van der Waals surface area (Å²) in [6.45, 7) is 3.72. The van der Waals surface area contributed by atoms with Crippen LogP contribution in [0, 0.1) is 6.92 Å². The van der Waals surface area contributed by atoms with Crippen molar-refractivity contribution in [1.29, 1.82) is 0 Å². The van der Waals surface area contributed by atoms with Crippen molar-refractivity contribution < 1.29 is 13.2 Å². The van der Waals surface area contributed by atoms with Crippen molar-refractivity contribution in [2.24, 2.45) is 0 Å². The molecule has 0 aliphatic heterocycles. The predicted molar refractivity (Wildman–Crippen MR) is 69.8 cm³/mol. The zero-order chi connectivity index (χ0) is 13.1. The molecule has 0 atom stereocenters. The van der Waals surface area contributed by atoms with Gasteiger partial charge < -0.3 is 0 Å². The summed E-state index contributed by atoms with van der Waals surface area (Å²) in [5, 5.41) is 3.52. The van der Waals surface area contributed by atoms with Crippen LogP contribution in [0.2, 0.25) is 0 Å². The summed E-state index contributed by atoms with van der Waals surface area (Å²) >= 11 is 1.40. The van der Waals surface area contributed by atoms with Gasteiger partial charge in [-0.2, -0.15) is 11.3 Å². The second kappa shape index (κ2) is 5.64. The zero-order valence-corrected chi connectivity index (χ0v) is 11.9. The molecule has 0 unspecified atom stereocenters. The summed E-state index contributed by atoms with van der Waals surface area (Å²) in [5.74, 6) is -0.422. The van der Waals surface area contributed by atoms with Gasteiger partial charge in [0.25, 0.3) is 5.91 Å². The molecule has 0 saturated heterocycles. The van der Waals surface area contributed by atoms with E-state index in [0.29, 0.717) is 12.0 Å². The highest BCUT2D eigenvalue weighted by Crippen LogP contribution is 2.17. The molecule has 0 fully saturated rings. The average molecular weight is 275 g/mol. The highest BCUT2D eigenvalue weighted by atomic mass is 32.2. The zero-order valence-electron chi connectivity index (χ0n) is 10.3.